The van der Waals surface area contributed by atoms with Crippen molar-refractivity contribution in [1.82, 2.24) is 0 Å². The van der Waals surface area contributed by atoms with Gasteiger partial charge in [-0.3, -0.25) is 0 Å². The first-order chi connectivity index (χ1) is 11.6. The Labute approximate surface area is 147 Å². The Morgan fingerprint density at radius 2 is 1.79 bits per heavy atom. The van der Waals surface area contributed by atoms with E-state index in [1.807, 2.05) is 44.2 Å². The Morgan fingerprint density at radius 3 is 2.33 bits per heavy atom. The molecule has 0 spiro atoms. The monoisotopic (exact) mass is 317 g/mol. The largest absolute Gasteiger partial charge is 0.311 e. The smallest absolute Gasteiger partial charge is 0.0464 e. The third-order valence-electron chi connectivity index (χ3n) is 3.52. The molecular weight excluding hydrogens is 290 g/mol. The summed E-state index contributed by atoms with van der Waals surface area (Å²) >= 11 is 0. The Kier molecular flexibility index (Phi) is 8.07. The lowest BCUT2D eigenvalue weighted by Crippen LogP contribution is -2.19. The summed E-state index contributed by atoms with van der Waals surface area (Å²) in [4.78, 5) is 2.17. The van der Waals surface area contributed by atoms with Crippen LogP contribution in [-0.4, -0.2) is 0 Å². The molecule has 0 aromatic heterocycles. The molecule has 0 saturated carbocycles. The third kappa shape index (κ3) is 5.44. The molecule has 0 bridgehead atoms. The van der Waals surface area contributed by atoms with Gasteiger partial charge in [-0.25, -0.2) is 0 Å². The quantitative estimate of drug-likeness (QED) is 0.485. The molecule has 0 atom stereocenters. The van der Waals surface area contributed by atoms with Crippen LogP contribution in [0, 0.1) is 6.92 Å². The minimum atomic E-state index is 0.989. The van der Waals surface area contributed by atoms with Gasteiger partial charge in [0.15, 0.2) is 0 Å². The summed E-state index contributed by atoms with van der Waals surface area (Å²) in [7, 11) is 0. The molecule has 0 heterocycles. The first-order valence-corrected chi connectivity index (χ1v) is 8.03. The summed E-state index contributed by atoms with van der Waals surface area (Å²) in [6.45, 7) is 17.7. The van der Waals surface area contributed by atoms with Crippen molar-refractivity contribution < 1.29 is 0 Å². The predicted octanol–water partition coefficient (Wildman–Crippen LogP) is 6.65. The maximum Gasteiger partial charge on any atom is 0.0464 e. The number of rotatable bonds is 8. The number of nitrogens with zero attached hydrogens (tertiary/aromatic N) is 1. The van der Waals surface area contributed by atoms with E-state index >= 15 is 0 Å². The highest BCUT2D eigenvalue weighted by molar-refractivity contribution is 5.63. The molecule has 0 amide bonds. The van der Waals surface area contributed by atoms with Gasteiger partial charge in [-0.2, -0.15) is 0 Å². The summed E-state index contributed by atoms with van der Waals surface area (Å²) < 4.78 is 0. The molecule has 0 N–H and O–H groups in total. The molecule has 0 aliphatic rings. The topological polar surface area (TPSA) is 3.24 Å². The first kappa shape index (κ1) is 19.2. The standard InChI is InChI=1S/C23H27N/c1-7-11-14-21(9-3)24(23-15-12-13-20(6)18-23)22(10-4)17-16-19(5)8-2/h7-18H,1-2,4H2,3,5-6H3/b14-11-,19-16-,21-9+,22-17+. The van der Waals surface area contributed by atoms with Gasteiger partial charge in [0.2, 0.25) is 0 Å². The van der Waals surface area contributed by atoms with Gasteiger partial charge in [-0.15, -0.1) is 0 Å². The van der Waals surface area contributed by atoms with Crippen LogP contribution in [0.3, 0.4) is 0 Å². The molecule has 0 radical (unpaired) electrons. The highest BCUT2D eigenvalue weighted by Gasteiger charge is 2.12. The molecule has 1 heteroatoms. The minimum absolute atomic E-state index is 0.989. The molecule has 0 aliphatic heterocycles. The zero-order chi connectivity index (χ0) is 17.9. The van der Waals surface area contributed by atoms with Gasteiger partial charge in [-0.05, 0) is 56.7 Å². The summed E-state index contributed by atoms with van der Waals surface area (Å²) in [5.74, 6) is 0. The van der Waals surface area contributed by atoms with Crippen molar-refractivity contribution in [2.75, 3.05) is 4.90 Å². The Morgan fingerprint density at radius 1 is 1.04 bits per heavy atom. The second-order valence-electron chi connectivity index (χ2n) is 5.39. The van der Waals surface area contributed by atoms with Crippen molar-refractivity contribution >= 4 is 5.69 Å². The van der Waals surface area contributed by atoms with Gasteiger partial charge < -0.3 is 4.90 Å². The van der Waals surface area contributed by atoms with Gasteiger partial charge in [-0.1, -0.05) is 67.8 Å². The number of anilines is 1. The van der Waals surface area contributed by atoms with E-state index in [0.29, 0.717) is 0 Å². The zero-order valence-electron chi connectivity index (χ0n) is 15.0. The van der Waals surface area contributed by atoms with E-state index < -0.39 is 0 Å². The third-order valence-corrected chi connectivity index (χ3v) is 3.52. The summed E-state index contributed by atoms with van der Waals surface area (Å²) in [6, 6.07) is 8.41. The average Bonchev–Trinajstić information content (AvgIpc) is 2.60. The van der Waals surface area contributed by atoms with Gasteiger partial charge in [0.1, 0.15) is 0 Å². The summed E-state index contributed by atoms with van der Waals surface area (Å²) in [6.07, 6.45) is 15.6. The number of hydrogen-bond donors (Lipinski definition) is 0. The van der Waals surface area contributed by atoms with Gasteiger partial charge >= 0.3 is 0 Å². The fourth-order valence-electron chi connectivity index (χ4n) is 2.20. The second kappa shape index (κ2) is 10.1. The van der Waals surface area contributed by atoms with E-state index in [0.717, 1.165) is 22.7 Å². The number of hydrogen-bond acceptors (Lipinski definition) is 1. The molecule has 1 nitrogen and oxygen atoms in total. The average molecular weight is 317 g/mol. The number of benzene rings is 1. The first-order valence-electron chi connectivity index (χ1n) is 8.03. The van der Waals surface area contributed by atoms with Crippen LogP contribution in [0.1, 0.15) is 19.4 Å². The van der Waals surface area contributed by atoms with Crippen molar-refractivity contribution in [3.05, 3.63) is 115 Å². The molecule has 1 aromatic carbocycles. The van der Waals surface area contributed by atoms with Crippen LogP contribution >= 0.6 is 0 Å². The lowest BCUT2D eigenvalue weighted by Gasteiger charge is -2.27. The fraction of sp³-hybridized carbons (Fsp3) is 0.130. The number of aryl methyl sites for hydroxylation is 1. The molecule has 1 aromatic rings. The van der Waals surface area contributed by atoms with E-state index in [-0.39, 0.29) is 0 Å². The summed E-state index contributed by atoms with van der Waals surface area (Å²) in [5, 5.41) is 0. The SMILES string of the molecule is C=C/C=C\C(=C/C)N(/C(C=C)=C/C=C(/C)C=C)c1cccc(C)c1. The van der Waals surface area contributed by atoms with Crippen LogP contribution in [0.4, 0.5) is 5.69 Å². The van der Waals surface area contributed by atoms with Crippen LogP contribution in [0.15, 0.2) is 110 Å². The van der Waals surface area contributed by atoms with Crippen molar-refractivity contribution in [3.63, 3.8) is 0 Å². The maximum absolute atomic E-state index is 3.99. The number of allylic oxidation sites excluding steroid dienone is 9. The van der Waals surface area contributed by atoms with Crippen LogP contribution in [-0.2, 0) is 0 Å². The molecule has 24 heavy (non-hydrogen) atoms. The highest BCUT2D eigenvalue weighted by atomic mass is 15.1. The zero-order valence-corrected chi connectivity index (χ0v) is 15.0. The molecule has 0 aliphatic carbocycles. The van der Waals surface area contributed by atoms with E-state index in [1.165, 1.54) is 5.56 Å². The van der Waals surface area contributed by atoms with E-state index in [1.54, 1.807) is 6.08 Å². The molecule has 0 saturated heterocycles. The Hall–Kier alpha value is -2.80. The van der Waals surface area contributed by atoms with Gasteiger partial charge in [0.25, 0.3) is 0 Å². The lowest BCUT2D eigenvalue weighted by molar-refractivity contribution is 1.13. The second-order valence-corrected chi connectivity index (χ2v) is 5.39. The van der Waals surface area contributed by atoms with Crippen LogP contribution < -0.4 is 4.90 Å². The molecule has 0 fully saturated rings. The minimum Gasteiger partial charge on any atom is -0.311 e. The van der Waals surface area contributed by atoms with E-state index in [9.17, 15) is 0 Å². The van der Waals surface area contributed by atoms with Crippen molar-refractivity contribution in [3.8, 4) is 0 Å². The highest BCUT2D eigenvalue weighted by Crippen LogP contribution is 2.27. The van der Waals surface area contributed by atoms with Crippen molar-refractivity contribution in [2.24, 2.45) is 0 Å². The summed E-state index contributed by atoms with van der Waals surface area (Å²) in [5.41, 5.74) is 5.44. The van der Waals surface area contributed by atoms with E-state index in [2.05, 4.69) is 68.0 Å². The molecule has 0 unspecified atom stereocenters. The van der Waals surface area contributed by atoms with Crippen LogP contribution in [0.2, 0.25) is 0 Å². The van der Waals surface area contributed by atoms with Crippen LogP contribution in [0.5, 0.6) is 0 Å². The predicted molar refractivity (Wildman–Crippen MR) is 109 cm³/mol. The molecular formula is C23H27N. The Bertz CT molecular complexity index is 711. The van der Waals surface area contributed by atoms with Gasteiger partial charge in [0, 0.05) is 17.1 Å². The van der Waals surface area contributed by atoms with Crippen molar-refractivity contribution in [1.29, 1.82) is 0 Å². The maximum atomic E-state index is 3.99. The van der Waals surface area contributed by atoms with Gasteiger partial charge in [0.05, 0.1) is 0 Å². The Balaban J connectivity index is 3.51. The normalized spacial score (nSPS) is 13.0. The van der Waals surface area contributed by atoms with Crippen LogP contribution in [0.25, 0.3) is 0 Å². The van der Waals surface area contributed by atoms with E-state index in [4.69, 9.17) is 0 Å². The lowest BCUT2D eigenvalue weighted by atomic mass is 10.1. The molecule has 124 valence electrons. The fourth-order valence-corrected chi connectivity index (χ4v) is 2.20. The van der Waals surface area contributed by atoms with Crippen molar-refractivity contribution in [2.45, 2.75) is 20.8 Å². The molecule has 1 rings (SSSR count).